The summed E-state index contributed by atoms with van der Waals surface area (Å²) < 4.78 is 16.5. The fraction of sp³-hybridized carbons (Fsp3) is 0.714. The Morgan fingerprint density at radius 3 is 1.75 bits per heavy atom. The molecule has 0 rings (SSSR count). The van der Waals surface area contributed by atoms with E-state index in [1.165, 1.54) is 0 Å². The fourth-order valence-electron chi connectivity index (χ4n) is 1.79. The summed E-state index contributed by atoms with van der Waals surface area (Å²) in [5, 5.41) is 5.92. The summed E-state index contributed by atoms with van der Waals surface area (Å²) in [7, 11) is 1.94. The number of nitrogens with one attached hydrogen (secondary N) is 2. The Bertz CT molecular complexity index is 441. The molecule has 2 unspecified atom stereocenters. The van der Waals surface area contributed by atoms with Crippen LogP contribution in [0.25, 0.3) is 0 Å². The maximum absolute atomic E-state index is 11.3. The highest BCUT2D eigenvalue weighted by Gasteiger charge is 2.06. The second kappa shape index (κ2) is 20.2. The third-order valence-electron chi connectivity index (χ3n) is 3.30. The number of hydrogen-bond acceptors (Lipinski definition) is 6. The Hall–Kier alpha value is -1.54. The van der Waals surface area contributed by atoms with Crippen molar-refractivity contribution in [3.63, 3.8) is 0 Å². The number of aldehydes is 1. The second-order valence-electron chi connectivity index (χ2n) is 6.98. The van der Waals surface area contributed by atoms with Crippen LogP contribution in [0.1, 0.15) is 27.7 Å². The van der Waals surface area contributed by atoms with Gasteiger partial charge in [-0.05, 0) is 44.8 Å². The summed E-state index contributed by atoms with van der Waals surface area (Å²) in [6.07, 6.45) is 0.722. The van der Waals surface area contributed by atoms with E-state index in [0.29, 0.717) is 56.6 Å². The van der Waals surface area contributed by atoms with E-state index in [1.807, 2.05) is 14.0 Å². The monoisotopic (exact) mass is 400 g/mol. The summed E-state index contributed by atoms with van der Waals surface area (Å²) in [4.78, 5) is 20.7. The number of hydrogen-bond donors (Lipinski definition) is 2. The SMILES string of the molecule is C=C(C)C(=O)NCC(C)COCCOCCOCC(C)CNC.C=C(C)C=O. The van der Waals surface area contributed by atoms with E-state index in [0.717, 1.165) is 19.4 Å². The zero-order valence-corrected chi connectivity index (χ0v) is 18.3. The highest BCUT2D eigenvalue weighted by atomic mass is 16.5. The minimum absolute atomic E-state index is 0.107. The van der Waals surface area contributed by atoms with E-state index in [1.54, 1.807) is 13.8 Å². The van der Waals surface area contributed by atoms with Crippen LogP contribution in [0.3, 0.4) is 0 Å². The highest BCUT2D eigenvalue weighted by Crippen LogP contribution is 1.96. The van der Waals surface area contributed by atoms with Gasteiger partial charge in [0, 0.05) is 12.1 Å². The number of carbonyl (C=O) groups is 2. The molecule has 0 spiro atoms. The third kappa shape index (κ3) is 22.5. The average Bonchev–Trinajstić information content (AvgIpc) is 2.65. The topological polar surface area (TPSA) is 85.9 Å². The molecule has 2 atom stereocenters. The molecule has 0 aromatic rings. The summed E-state index contributed by atoms with van der Waals surface area (Å²) in [5.41, 5.74) is 1.10. The molecule has 0 saturated carbocycles. The predicted octanol–water partition coefficient (Wildman–Crippen LogP) is 1.98. The molecule has 0 radical (unpaired) electrons. The standard InChI is InChI=1S/C17H34N2O4.C4H6O/c1-14(2)17(20)19-11-16(4)13-23-9-7-21-6-8-22-12-15(3)10-18-5;1-4(2)3-5/h15-16,18H,1,6-13H2,2-5H3,(H,19,20);3H,1H2,2H3. The first-order valence-electron chi connectivity index (χ1n) is 9.66. The minimum atomic E-state index is -0.107. The largest absolute Gasteiger partial charge is 0.379 e. The third-order valence-corrected chi connectivity index (χ3v) is 3.30. The Morgan fingerprint density at radius 2 is 1.36 bits per heavy atom. The predicted molar refractivity (Wildman–Crippen MR) is 113 cm³/mol. The van der Waals surface area contributed by atoms with Gasteiger partial charge in [-0.25, -0.2) is 0 Å². The first-order chi connectivity index (χ1) is 13.2. The van der Waals surface area contributed by atoms with Crippen LogP contribution >= 0.6 is 0 Å². The molecule has 0 aromatic carbocycles. The summed E-state index contributed by atoms with van der Waals surface area (Å²) in [6, 6.07) is 0. The van der Waals surface area contributed by atoms with Gasteiger partial charge in [-0.3, -0.25) is 9.59 Å². The number of amides is 1. The molecule has 1 amide bonds. The van der Waals surface area contributed by atoms with Crippen molar-refractivity contribution >= 4 is 12.2 Å². The zero-order valence-electron chi connectivity index (χ0n) is 18.3. The van der Waals surface area contributed by atoms with Crippen molar-refractivity contribution < 1.29 is 23.8 Å². The van der Waals surface area contributed by atoms with Gasteiger partial charge in [-0.2, -0.15) is 0 Å². The van der Waals surface area contributed by atoms with Crippen molar-refractivity contribution in [2.45, 2.75) is 27.7 Å². The Balaban J connectivity index is 0. The second-order valence-corrected chi connectivity index (χ2v) is 6.98. The molecule has 0 saturated heterocycles. The van der Waals surface area contributed by atoms with Crippen LogP contribution in [0.2, 0.25) is 0 Å². The van der Waals surface area contributed by atoms with E-state index >= 15 is 0 Å². The lowest BCUT2D eigenvalue weighted by atomic mass is 10.2. The minimum Gasteiger partial charge on any atom is -0.379 e. The van der Waals surface area contributed by atoms with Gasteiger partial charge >= 0.3 is 0 Å². The Morgan fingerprint density at radius 1 is 0.929 bits per heavy atom. The molecular weight excluding hydrogens is 360 g/mol. The normalized spacial score (nSPS) is 12.3. The van der Waals surface area contributed by atoms with Gasteiger partial charge in [0.05, 0.1) is 39.6 Å². The van der Waals surface area contributed by atoms with Crippen LogP contribution in [-0.4, -0.2) is 72.0 Å². The van der Waals surface area contributed by atoms with Crippen molar-refractivity contribution in [3.8, 4) is 0 Å². The maximum atomic E-state index is 11.3. The Kier molecular flexibility index (Phi) is 20.7. The van der Waals surface area contributed by atoms with Gasteiger partial charge in [0.25, 0.3) is 0 Å². The van der Waals surface area contributed by atoms with Crippen molar-refractivity contribution in [1.29, 1.82) is 0 Å². The molecule has 0 heterocycles. The van der Waals surface area contributed by atoms with Crippen LogP contribution in [0.5, 0.6) is 0 Å². The molecule has 0 bridgehead atoms. The molecular formula is C21H40N2O5. The van der Waals surface area contributed by atoms with Gasteiger partial charge in [0.2, 0.25) is 5.91 Å². The quantitative estimate of drug-likeness (QED) is 0.234. The molecule has 7 heteroatoms. The summed E-state index contributed by atoms with van der Waals surface area (Å²) in [6.45, 7) is 19.6. The van der Waals surface area contributed by atoms with E-state index < -0.39 is 0 Å². The van der Waals surface area contributed by atoms with Crippen molar-refractivity contribution in [1.82, 2.24) is 10.6 Å². The first kappa shape index (κ1) is 28.7. The van der Waals surface area contributed by atoms with Gasteiger partial charge in [-0.1, -0.05) is 27.0 Å². The van der Waals surface area contributed by atoms with Gasteiger partial charge in [0.15, 0.2) is 0 Å². The summed E-state index contributed by atoms with van der Waals surface area (Å²) >= 11 is 0. The average molecular weight is 401 g/mol. The van der Waals surface area contributed by atoms with E-state index in [9.17, 15) is 9.59 Å². The van der Waals surface area contributed by atoms with Crippen LogP contribution < -0.4 is 10.6 Å². The molecule has 2 N–H and O–H groups in total. The van der Waals surface area contributed by atoms with E-state index in [-0.39, 0.29) is 11.8 Å². The number of allylic oxidation sites excluding steroid dienone is 1. The van der Waals surface area contributed by atoms with Gasteiger partial charge < -0.3 is 24.8 Å². The lowest BCUT2D eigenvalue weighted by Gasteiger charge is -2.13. The van der Waals surface area contributed by atoms with Gasteiger partial charge in [-0.15, -0.1) is 0 Å². The first-order valence-corrected chi connectivity index (χ1v) is 9.66. The van der Waals surface area contributed by atoms with E-state index in [2.05, 4.69) is 30.7 Å². The van der Waals surface area contributed by atoms with Crippen molar-refractivity contribution in [2.75, 3.05) is 59.8 Å². The number of rotatable bonds is 16. The van der Waals surface area contributed by atoms with E-state index in [4.69, 9.17) is 14.2 Å². The van der Waals surface area contributed by atoms with Crippen LogP contribution in [0.15, 0.2) is 24.3 Å². The Labute approximate surface area is 170 Å². The zero-order chi connectivity index (χ0) is 21.8. The number of ether oxygens (including phenoxy) is 3. The maximum Gasteiger partial charge on any atom is 0.246 e. The summed E-state index contributed by atoms with van der Waals surface area (Å²) in [5.74, 6) is 0.662. The lowest BCUT2D eigenvalue weighted by Crippen LogP contribution is -2.30. The van der Waals surface area contributed by atoms with Crippen molar-refractivity contribution in [2.24, 2.45) is 11.8 Å². The highest BCUT2D eigenvalue weighted by molar-refractivity contribution is 5.92. The molecule has 28 heavy (non-hydrogen) atoms. The fourth-order valence-corrected chi connectivity index (χ4v) is 1.79. The molecule has 0 aliphatic rings. The van der Waals surface area contributed by atoms with Crippen LogP contribution in [0, 0.1) is 11.8 Å². The lowest BCUT2D eigenvalue weighted by molar-refractivity contribution is -0.117. The van der Waals surface area contributed by atoms with Crippen LogP contribution in [-0.2, 0) is 23.8 Å². The van der Waals surface area contributed by atoms with Crippen molar-refractivity contribution in [3.05, 3.63) is 24.3 Å². The number of carbonyl (C=O) groups excluding carboxylic acids is 2. The smallest absolute Gasteiger partial charge is 0.246 e. The molecule has 0 aliphatic carbocycles. The molecule has 7 nitrogen and oxygen atoms in total. The van der Waals surface area contributed by atoms with Gasteiger partial charge in [0.1, 0.15) is 6.29 Å². The molecule has 0 fully saturated rings. The molecule has 0 aliphatic heterocycles. The molecule has 0 aromatic heterocycles. The molecule has 164 valence electrons. The van der Waals surface area contributed by atoms with Crippen LogP contribution in [0.4, 0.5) is 0 Å².